The Morgan fingerprint density at radius 2 is 2.07 bits per heavy atom. The van der Waals surface area contributed by atoms with Gasteiger partial charge in [-0.15, -0.1) is 0 Å². The summed E-state index contributed by atoms with van der Waals surface area (Å²) in [5.41, 5.74) is 0.0615. The highest BCUT2D eigenvalue weighted by Gasteiger charge is 2.33. The van der Waals surface area contributed by atoms with Crippen LogP contribution in [0.25, 0.3) is 0 Å². The number of hydrogen-bond acceptors (Lipinski definition) is 4. The van der Waals surface area contributed by atoms with Crippen LogP contribution in [0.5, 0.6) is 0 Å². The predicted molar refractivity (Wildman–Crippen MR) is 54.1 cm³/mol. The maximum atomic E-state index is 9.20. The fraction of sp³-hybridized carbons (Fsp3) is 1.00. The first-order chi connectivity index (χ1) is 6.63. The topological polar surface area (TPSA) is 41.9 Å². The number of aliphatic hydroxyl groups is 1. The molecule has 4 nitrogen and oxygen atoms in total. The minimum absolute atomic E-state index is 0.0615. The molecule has 1 unspecified atom stereocenters. The van der Waals surface area contributed by atoms with Crippen molar-refractivity contribution in [2.75, 3.05) is 40.5 Å². The molecule has 1 rings (SSSR count). The summed E-state index contributed by atoms with van der Waals surface area (Å²) in [5, 5.41) is 9.20. The van der Waals surface area contributed by atoms with Crippen LogP contribution in [-0.4, -0.2) is 56.8 Å². The van der Waals surface area contributed by atoms with Gasteiger partial charge >= 0.3 is 0 Å². The van der Waals surface area contributed by atoms with Crippen LogP contribution in [0.4, 0.5) is 0 Å². The lowest BCUT2D eigenvalue weighted by Crippen LogP contribution is -2.35. The molecule has 0 aromatic heterocycles. The molecule has 4 heteroatoms. The van der Waals surface area contributed by atoms with Crippen LogP contribution >= 0.6 is 0 Å². The van der Waals surface area contributed by atoms with Crippen molar-refractivity contribution in [3.8, 4) is 0 Å². The Bertz CT molecular complexity index is 173. The third-order valence-corrected chi connectivity index (χ3v) is 2.95. The molecule has 0 bridgehead atoms. The number of aliphatic hydroxyl groups excluding tert-OH is 1. The van der Waals surface area contributed by atoms with Crippen molar-refractivity contribution in [2.24, 2.45) is 5.41 Å². The zero-order valence-corrected chi connectivity index (χ0v) is 9.32. The van der Waals surface area contributed by atoms with Crippen LogP contribution in [0.1, 0.15) is 13.3 Å². The predicted octanol–water partition coefficient (Wildman–Crippen LogP) is 0.310. The molecular formula is C10H21NO3. The van der Waals surface area contributed by atoms with Gasteiger partial charge in [0.1, 0.15) is 0 Å². The lowest BCUT2D eigenvalue weighted by Gasteiger charge is -2.24. The van der Waals surface area contributed by atoms with Crippen LogP contribution in [0.2, 0.25) is 0 Å². The molecule has 1 N–H and O–H groups in total. The van der Waals surface area contributed by atoms with E-state index >= 15 is 0 Å². The Labute approximate surface area is 85.8 Å². The highest BCUT2D eigenvalue weighted by atomic mass is 16.7. The molecular weight excluding hydrogens is 182 g/mol. The summed E-state index contributed by atoms with van der Waals surface area (Å²) in [6.07, 6.45) is 0.889. The molecule has 1 aliphatic rings. The first kappa shape index (κ1) is 11.9. The van der Waals surface area contributed by atoms with Gasteiger partial charge in [0, 0.05) is 39.3 Å². The largest absolute Gasteiger partial charge is 0.396 e. The Kier molecular flexibility index (Phi) is 4.31. The second-order valence-corrected chi connectivity index (χ2v) is 4.35. The van der Waals surface area contributed by atoms with Gasteiger partial charge in [-0.05, 0) is 13.0 Å². The molecule has 1 fully saturated rings. The van der Waals surface area contributed by atoms with E-state index in [9.17, 15) is 5.11 Å². The van der Waals surface area contributed by atoms with E-state index in [-0.39, 0.29) is 18.3 Å². The third-order valence-electron chi connectivity index (χ3n) is 2.95. The van der Waals surface area contributed by atoms with Crippen molar-refractivity contribution in [2.45, 2.75) is 19.6 Å². The summed E-state index contributed by atoms with van der Waals surface area (Å²) >= 11 is 0. The maximum Gasteiger partial charge on any atom is 0.169 e. The Morgan fingerprint density at radius 3 is 2.50 bits per heavy atom. The second-order valence-electron chi connectivity index (χ2n) is 4.35. The third kappa shape index (κ3) is 2.92. The monoisotopic (exact) mass is 203 g/mol. The summed E-state index contributed by atoms with van der Waals surface area (Å²) in [6, 6.07) is 0. The lowest BCUT2D eigenvalue weighted by molar-refractivity contribution is -0.115. The van der Waals surface area contributed by atoms with Gasteiger partial charge in [-0.2, -0.15) is 0 Å². The van der Waals surface area contributed by atoms with Gasteiger partial charge in [-0.1, -0.05) is 6.92 Å². The first-order valence-electron chi connectivity index (χ1n) is 5.02. The average molecular weight is 203 g/mol. The molecule has 0 radical (unpaired) electrons. The van der Waals surface area contributed by atoms with Gasteiger partial charge in [0.2, 0.25) is 0 Å². The standard InChI is InChI=1S/C10H21NO3/c1-10(8-12)4-5-11(7-10)6-9(13-2)14-3/h9,12H,4-8H2,1-3H3. The number of hydrogen-bond donors (Lipinski definition) is 1. The Balaban J connectivity index is 2.35. The van der Waals surface area contributed by atoms with Gasteiger partial charge < -0.3 is 14.6 Å². The Morgan fingerprint density at radius 1 is 1.43 bits per heavy atom. The molecule has 0 aromatic carbocycles. The maximum absolute atomic E-state index is 9.20. The molecule has 0 amide bonds. The van der Waals surface area contributed by atoms with E-state index in [1.165, 1.54) is 0 Å². The van der Waals surface area contributed by atoms with Gasteiger partial charge in [0.05, 0.1) is 0 Å². The normalized spacial score (nSPS) is 28.9. The van der Waals surface area contributed by atoms with E-state index in [1.807, 2.05) is 0 Å². The van der Waals surface area contributed by atoms with Gasteiger partial charge in [-0.3, -0.25) is 4.90 Å². The van der Waals surface area contributed by atoms with Crippen LogP contribution in [0.15, 0.2) is 0 Å². The fourth-order valence-corrected chi connectivity index (χ4v) is 1.87. The first-order valence-corrected chi connectivity index (χ1v) is 5.02. The van der Waals surface area contributed by atoms with Crippen molar-refractivity contribution in [3.63, 3.8) is 0 Å². The number of ether oxygens (including phenoxy) is 2. The van der Waals surface area contributed by atoms with Crippen molar-refractivity contribution < 1.29 is 14.6 Å². The minimum Gasteiger partial charge on any atom is -0.396 e. The van der Waals surface area contributed by atoms with E-state index < -0.39 is 0 Å². The van der Waals surface area contributed by atoms with E-state index in [4.69, 9.17) is 9.47 Å². The van der Waals surface area contributed by atoms with Gasteiger partial charge in [0.15, 0.2) is 6.29 Å². The Hall–Kier alpha value is -0.160. The number of likely N-dealkylation sites (tertiary alicyclic amines) is 1. The van der Waals surface area contributed by atoms with Crippen molar-refractivity contribution in [1.82, 2.24) is 4.90 Å². The zero-order chi connectivity index (χ0) is 10.6. The molecule has 0 aromatic rings. The second kappa shape index (κ2) is 5.07. The minimum atomic E-state index is -0.156. The number of methoxy groups -OCH3 is 2. The summed E-state index contributed by atoms with van der Waals surface area (Å²) in [7, 11) is 3.30. The summed E-state index contributed by atoms with van der Waals surface area (Å²) in [6.45, 7) is 5.09. The highest BCUT2D eigenvalue weighted by Crippen LogP contribution is 2.29. The molecule has 0 aliphatic carbocycles. The zero-order valence-electron chi connectivity index (χ0n) is 9.32. The van der Waals surface area contributed by atoms with Gasteiger partial charge in [0.25, 0.3) is 0 Å². The van der Waals surface area contributed by atoms with Crippen molar-refractivity contribution >= 4 is 0 Å². The number of rotatable bonds is 5. The van der Waals surface area contributed by atoms with Gasteiger partial charge in [-0.25, -0.2) is 0 Å². The number of nitrogens with zero attached hydrogens (tertiary/aromatic N) is 1. The molecule has 84 valence electrons. The molecule has 1 aliphatic heterocycles. The van der Waals surface area contributed by atoms with E-state index in [0.29, 0.717) is 0 Å². The summed E-state index contributed by atoms with van der Waals surface area (Å²) in [5.74, 6) is 0. The SMILES string of the molecule is COC(CN1CCC(C)(CO)C1)OC. The van der Waals surface area contributed by atoms with Crippen LogP contribution in [0.3, 0.4) is 0 Å². The van der Waals surface area contributed by atoms with E-state index in [1.54, 1.807) is 14.2 Å². The summed E-state index contributed by atoms with van der Waals surface area (Å²) in [4.78, 5) is 2.27. The lowest BCUT2D eigenvalue weighted by atomic mass is 9.91. The molecule has 0 spiro atoms. The molecule has 1 saturated heterocycles. The van der Waals surface area contributed by atoms with Crippen LogP contribution in [-0.2, 0) is 9.47 Å². The molecule has 14 heavy (non-hydrogen) atoms. The average Bonchev–Trinajstić information content (AvgIpc) is 2.58. The molecule has 1 heterocycles. The van der Waals surface area contributed by atoms with E-state index in [2.05, 4.69) is 11.8 Å². The molecule has 0 saturated carbocycles. The highest BCUT2D eigenvalue weighted by molar-refractivity contribution is 4.85. The van der Waals surface area contributed by atoms with Crippen molar-refractivity contribution in [1.29, 1.82) is 0 Å². The van der Waals surface area contributed by atoms with E-state index in [0.717, 1.165) is 26.1 Å². The fourth-order valence-electron chi connectivity index (χ4n) is 1.87. The quantitative estimate of drug-likeness (QED) is 0.653. The smallest absolute Gasteiger partial charge is 0.169 e. The van der Waals surface area contributed by atoms with Crippen LogP contribution < -0.4 is 0 Å². The molecule has 1 atom stereocenters. The van der Waals surface area contributed by atoms with Crippen LogP contribution in [0, 0.1) is 5.41 Å². The van der Waals surface area contributed by atoms with Crippen molar-refractivity contribution in [3.05, 3.63) is 0 Å². The summed E-state index contributed by atoms with van der Waals surface area (Å²) < 4.78 is 10.3.